The summed E-state index contributed by atoms with van der Waals surface area (Å²) >= 11 is 0. The Kier molecular flexibility index (Phi) is 108. The molecule has 0 atom stereocenters. The number of aliphatic hydroxyl groups excluding tert-OH is 1. The van der Waals surface area contributed by atoms with Gasteiger partial charge in [0.1, 0.15) is 0 Å². The van der Waals surface area contributed by atoms with Gasteiger partial charge >= 0.3 is 0 Å². The molecule has 84 heavy (non-hydrogen) atoms. The maximum absolute atomic E-state index is 8.51. The fraction of sp³-hybridized carbons (Fsp3) is 1.00. The Morgan fingerprint density at radius 1 is 0.274 bits per heavy atom. The van der Waals surface area contributed by atoms with Gasteiger partial charge in [0, 0.05) is 68.1 Å². The van der Waals surface area contributed by atoms with E-state index in [1.165, 1.54) is 25.7 Å². The molecule has 1 rings (SSSR count). The largest absolute Gasteiger partial charge is 0.396 e. The van der Waals surface area contributed by atoms with E-state index in [0.29, 0.717) is 135 Å². The lowest BCUT2D eigenvalue weighted by atomic mass is 10.2. The van der Waals surface area contributed by atoms with E-state index in [-0.39, 0.29) is 18.8 Å². The van der Waals surface area contributed by atoms with Crippen LogP contribution < -0.4 is 0 Å². The van der Waals surface area contributed by atoms with E-state index < -0.39 is 0 Å². The molecule has 0 bridgehead atoms. The zero-order valence-corrected chi connectivity index (χ0v) is 60.1. The third-order valence-corrected chi connectivity index (χ3v) is 9.42. The lowest BCUT2D eigenvalue weighted by molar-refractivity contribution is -0.00820. The fourth-order valence-corrected chi connectivity index (χ4v) is 4.72. The van der Waals surface area contributed by atoms with Gasteiger partial charge in [-0.2, -0.15) is 0 Å². The molecule has 1 fully saturated rings. The van der Waals surface area contributed by atoms with Gasteiger partial charge < -0.3 is 85.6 Å². The second kappa shape index (κ2) is 91.0. The molecule has 18 nitrogen and oxygen atoms in total. The lowest BCUT2D eigenvalue weighted by Gasteiger charge is -2.08. The maximum Gasteiger partial charge on any atom is 0.0703 e. The number of hydrogen-bond donors (Lipinski definition) is 1. The normalized spacial score (nSPS) is 11.6. The van der Waals surface area contributed by atoms with Crippen LogP contribution in [0.2, 0.25) is 0 Å². The summed E-state index contributed by atoms with van der Waals surface area (Å²) < 4.78 is 87.5. The highest BCUT2D eigenvalue weighted by Crippen LogP contribution is 2.29. The SMILES string of the molecule is CC(C)OCC1CC1.CC(C)OCCOCCCCCO.CCCCOC(C)C.CCCOC(C)C.CCCOCCOC(C)C.COC(C)C.COCCOC(C)C.COCCOCCOC(C)C.COCCOCCOCCOC(C)C. The minimum atomic E-state index is 0.275. The topological polar surface area (TPSA) is 177 Å². The second-order valence-corrected chi connectivity index (χ2v) is 21.7. The zero-order chi connectivity index (χ0) is 65.7. The van der Waals surface area contributed by atoms with Crippen LogP contribution in [-0.2, 0) is 80.5 Å². The van der Waals surface area contributed by atoms with Crippen LogP contribution in [0.1, 0.15) is 203 Å². The molecule has 1 N–H and O–H groups in total. The predicted molar refractivity (Wildman–Crippen MR) is 350 cm³/mol. The van der Waals surface area contributed by atoms with Crippen molar-refractivity contribution in [1.29, 1.82) is 0 Å². The molecule has 0 amide bonds. The molecule has 520 valence electrons. The molecule has 18 heteroatoms. The van der Waals surface area contributed by atoms with Crippen molar-refractivity contribution in [3.05, 3.63) is 0 Å². The zero-order valence-electron chi connectivity index (χ0n) is 60.1. The van der Waals surface area contributed by atoms with Gasteiger partial charge in [-0.15, -0.1) is 0 Å². The Labute approximate surface area is 521 Å². The Morgan fingerprint density at radius 2 is 0.548 bits per heavy atom. The van der Waals surface area contributed by atoms with Crippen LogP contribution in [-0.4, -0.2) is 234 Å². The van der Waals surface area contributed by atoms with Gasteiger partial charge in [0.05, 0.1) is 161 Å². The van der Waals surface area contributed by atoms with Crippen molar-refractivity contribution in [2.45, 2.75) is 258 Å². The Hall–Kier alpha value is -0.720. The summed E-state index contributed by atoms with van der Waals surface area (Å²) in [5.74, 6) is 0.914. The maximum atomic E-state index is 8.51. The standard InChI is InChI=1S/C10H22O4.C10H22O3.C8H18O3.C8H18O2.C7H14O.C7H16O.C6H14O2.C6H14O.C4H10O/c1-10(2)14-9-8-13-7-6-12-5-4-11-3;1-10(2)13-9-8-12-7-5-3-4-6-11;1-8(2)11-7-6-10-5-4-9-3;1-4-5-9-6-7-10-8(2)3;1-6(2)8-5-7-3-4-7;1-4-5-6-8-7(2)3;1-6(2)8-5-4-7-3;1-4-5-7-6(2)3;1-4(2)5-3/h10H,4-9H2,1-3H3;10-11H,3-9H2,1-2H3;8H,4-7H2,1-3H3;8H,4-7H2,1-3H3;6-7H,3-5H2,1-2H3;7H,4-6H2,1-3H3;6H,4-5H2,1-3H3;6H,4-5H2,1-3H3;4H,1-3H3. The average molecular weight is 1230 g/mol. The second-order valence-electron chi connectivity index (χ2n) is 21.7. The fourth-order valence-electron chi connectivity index (χ4n) is 4.72. The van der Waals surface area contributed by atoms with Crippen molar-refractivity contribution in [2.75, 3.05) is 174 Å². The van der Waals surface area contributed by atoms with Crippen LogP contribution >= 0.6 is 0 Å². The monoisotopic (exact) mass is 1230 g/mol. The number of hydrogen-bond acceptors (Lipinski definition) is 18. The van der Waals surface area contributed by atoms with Crippen molar-refractivity contribution in [3.63, 3.8) is 0 Å². The first kappa shape index (κ1) is 99.5. The van der Waals surface area contributed by atoms with E-state index in [1.54, 1.807) is 28.4 Å². The molecular weight excluding hydrogens is 1080 g/mol. The van der Waals surface area contributed by atoms with Gasteiger partial charge in [-0.3, -0.25) is 0 Å². The molecule has 0 spiro atoms. The highest BCUT2D eigenvalue weighted by atomic mass is 16.6. The molecule has 0 aromatic rings. The molecule has 0 unspecified atom stereocenters. The highest BCUT2D eigenvalue weighted by molar-refractivity contribution is 4.72. The van der Waals surface area contributed by atoms with Gasteiger partial charge in [0.15, 0.2) is 0 Å². The van der Waals surface area contributed by atoms with E-state index in [9.17, 15) is 0 Å². The summed E-state index contributed by atoms with van der Waals surface area (Å²) in [6, 6.07) is 0. The summed E-state index contributed by atoms with van der Waals surface area (Å²) in [6.45, 7) is 58.3. The molecule has 0 heterocycles. The highest BCUT2D eigenvalue weighted by Gasteiger charge is 2.21. The van der Waals surface area contributed by atoms with Crippen molar-refractivity contribution in [1.82, 2.24) is 0 Å². The summed E-state index contributed by atoms with van der Waals surface area (Å²) in [5, 5.41) is 8.51. The van der Waals surface area contributed by atoms with E-state index in [1.807, 2.05) is 83.1 Å². The predicted octanol–water partition coefficient (Wildman–Crippen LogP) is 13.5. The first-order valence-electron chi connectivity index (χ1n) is 32.4. The van der Waals surface area contributed by atoms with Crippen LogP contribution in [0.3, 0.4) is 0 Å². The molecule has 1 aliphatic rings. The molecule has 1 saturated carbocycles. The smallest absolute Gasteiger partial charge is 0.0703 e. The van der Waals surface area contributed by atoms with Crippen LogP contribution in [0.4, 0.5) is 0 Å². The Bertz CT molecular complexity index is 1010. The molecular formula is C66H148O18. The third-order valence-electron chi connectivity index (χ3n) is 9.42. The lowest BCUT2D eigenvalue weighted by Crippen LogP contribution is -2.13. The summed E-state index contributed by atoms with van der Waals surface area (Å²) in [7, 11) is 6.69. The number of unbranched alkanes of at least 4 members (excludes halogenated alkanes) is 3. The minimum Gasteiger partial charge on any atom is -0.396 e. The van der Waals surface area contributed by atoms with Gasteiger partial charge in [-0.1, -0.05) is 27.2 Å². The number of aliphatic hydroxyl groups is 1. The molecule has 1 aliphatic carbocycles. The van der Waals surface area contributed by atoms with Crippen LogP contribution in [0.15, 0.2) is 0 Å². The molecule has 0 aromatic heterocycles. The number of methoxy groups -OCH3 is 4. The summed E-state index contributed by atoms with van der Waals surface area (Å²) in [5.41, 5.74) is 0. The van der Waals surface area contributed by atoms with Crippen LogP contribution in [0.25, 0.3) is 0 Å². The quantitative estimate of drug-likeness (QED) is 0.0569. The van der Waals surface area contributed by atoms with Crippen LogP contribution in [0.5, 0.6) is 0 Å². The van der Waals surface area contributed by atoms with Gasteiger partial charge in [-0.25, -0.2) is 0 Å². The van der Waals surface area contributed by atoms with E-state index in [0.717, 1.165) is 84.3 Å². The first-order chi connectivity index (χ1) is 39.9. The van der Waals surface area contributed by atoms with Gasteiger partial charge in [-0.05, 0) is 182 Å². The van der Waals surface area contributed by atoms with Crippen molar-refractivity contribution < 1.29 is 85.6 Å². The van der Waals surface area contributed by atoms with Crippen molar-refractivity contribution in [2.24, 2.45) is 5.92 Å². The number of rotatable bonds is 47. The Morgan fingerprint density at radius 3 is 0.821 bits per heavy atom. The van der Waals surface area contributed by atoms with E-state index in [2.05, 4.69) is 62.3 Å². The van der Waals surface area contributed by atoms with Gasteiger partial charge in [0.2, 0.25) is 0 Å². The average Bonchev–Trinajstić information content (AvgIpc) is 4.27. The van der Waals surface area contributed by atoms with Crippen molar-refractivity contribution >= 4 is 0 Å². The molecule has 0 saturated heterocycles. The number of ether oxygens (including phenoxy) is 17. The minimum absolute atomic E-state index is 0.275. The first-order valence-corrected chi connectivity index (χ1v) is 32.4. The van der Waals surface area contributed by atoms with E-state index in [4.69, 9.17) is 85.6 Å². The molecule has 0 aromatic carbocycles. The van der Waals surface area contributed by atoms with Gasteiger partial charge in [0.25, 0.3) is 0 Å². The Balaban J connectivity index is -0.000000131. The third kappa shape index (κ3) is 149. The summed E-state index contributed by atoms with van der Waals surface area (Å²) in [4.78, 5) is 0. The summed E-state index contributed by atoms with van der Waals surface area (Å²) in [6.07, 6.45) is 13.5. The molecule has 0 radical (unpaired) electrons. The van der Waals surface area contributed by atoms with Crippen molar-refractivity contribution in [3.8, 4) is 0 Å². The van der Waals surface area contributed by atoms with E-state index >= 15 is 0 Å². The molecule has 0 aliphatic heterocycles. The van der Waals surface area contributed by atoms with Crippen LogP contribution in [0, 0.1) is 5.92 Å².